The summed E-state index contributed by atoms with van der Waals surface area (Å²) in [6.45, 7) is 8.58. The molecule has 0 saturated heterocycles. The average molecular weight is 609 g/mol. The fourth-order valence-corrected chi connectivity index (χ4v) is 6.85. The van der Waals surface area contributed by atoms with Crippen LogP contribution in [-0.4, -0.2) is 31.0 Å². The molecule has 42 heavy (non-hydrogen) atoms. The van der Waals surface area contributed by atoms with E-state index in [1.807, 2.05) is 6.07 Å². The topological polar surface area (TPSA) is 138 Å². The van der Waals surface area contributed by atoms with Gasteiger partial charge in [-0.1, -0.05) is 45.4 Å². The molecule has 0 fully saturated rings. The molecule has 8 nitrogen and oxygen atoms in total. The van der Waals surface area contributed by atoms with Crippen LogP contribution >= 0.6 is 0 Å². The minimum absolute atomic E-state index is 0.0496. The number of phenolic OH excluding ortho intramolecular Hbond substituents is 1. The van der Waals surface area contributed by atoms with Crippen LogP contribution in [0.15, 0.2) is 64.4 Å². The van der Waals surface area contributed by atoms with Crippen molar-refractivity contribution in [2.75, 3.05) is 0 Å². The summed E-state index contributed by atoms with van der Waals surface area (Å²) in [5.41, 5.74) is 2.87. The highest BCUT2D eigenvalue weighted by atomic mass is 32.2. The van der Waals surface area contributed by atoms with Crippen LogP contribution in [0.3, 0.4) is 0 Å². The van der Waals surface area contributed by atoms with Gasteiger partial charge in [0.25, 0.3) is 20.2 Å². The van der Waals surface area contributed by atoms with Crippen LogP contribution in [0.2, 0.25) is 0 Å². The summed E-state index contributed by atoms with van der Waals surface area (Å²) in [7, 11) is -9.73. The van der Waals surface area contributed by atoms with Gasteiger partial charge < -0.3 is 9.84 Å². The lowest BCUT2D eigenvalue weighted by Gasteiger charge is -2.26. The van der Waals surface area contributed by atoms with Crippen molar-refractivity contribution in [3.63, 3.8) is 0 Å². The Hall–Kier alpha value is -3.70. The van der Waals surface area contributed by atoms with Crippen LogP contribution in [0.25, 0.3) is 22.9 Å². The number of hydrogen-bond acceptors (Lipinski definition) is 6. The van der Waals surface area contributed by atoms with E-state index in [0.29, 0.717) is 45.0 Å². The van der Waals surface area contributed by atoms with Gasteiger partial charge in [0.2, 0.25) is 0 Å². The number of aromatic hydroxyl groups is 1. The van der Waals surface area contributed by atoms with Crippen molar-refractivity contribution in [1.29, 1.82) is 0 Å². The van der Waals surface area contributed by atoms with Gasteiger partial charge in [-0.05, 0) is 84.3 Å². The number of ether oxygens (including phenoxy) is 1. The van der Waals surface area contributed by atoms with Gasteiger partial charge in [-0.2, -0.15) is 16.8 Å². The molecule has 0 saturated carbocycles. The highest BCUT2D eigenvalue weighted by molar-refractivity contribution is 7.86. The molecule has 0 spiro atoms. The molecule has 10 heteroatoms. The van der Waals surface area contributed by atoms with E-state index in [4.69, 9.17) is 4.74 Å². The van der Waals surface area contributed by atoms with Gasteiger partial charge in [0.05, 0.1) is 4.90 Å². The molecule has 220 valence electrons. The number of aryl methyl sites for hydroxylation is 1. The monoisotopic (exact) mass is 608 g/mol. The molecular weight excluding hydrogens is 576 g/mol. The lowest BCUT2D eigenvalue weighted by molar-refractivity contribution is 0.467. The third kappa shape index (κ3) is 5.43. The maximum Gasteiger partial charge on any atom is 0.295 e. The van der Waals surface area contributed by atoms with Crippen molar-refractivity contribution < 1.29 is 35.8 Å². The molecule has 0 atom stereocenters. The first-order valence-electron chi connectivity index (χ1n) is 13.8. The predicted octanol–water partition coefficient (Wildman–Crippen LogP) is 5.49. The second-order valence-electron chi connectivity index (χ2n) is 10.5. The normalized spacial score (nSPS) is 13.1. The van der Waals surface area contributed by atoms with E-state index >= 15 is 0 Å². The lowest BCUT2D eigenvalue weighted by Crippen LogP contribution is -2.27. The first kappa shape index (κ1) is 29.8. The number of fused-ring (bicyclic) bond motifs is 4. The van der Waals surface area contributed by atoms with Crippen molar-refractivity contribution in [3.05, 3.63) is 87.3 Å². The Morgan fingerprint density at radius 1 is 0.786 bits per heavy atom. The third-order valence-electron chi connectivity index (χ3n) is 7.66. The van der Waals surface area contributed by atoms with E-state index in [0.717, 1.165) is 60.6 Å². The summed E-state index contributed by atoms with van der Waals surface area (Å²) in [6, 6.07) is 13.4. The molecule has 1 aliphatic heterocycles. The van der Waals surface area contributed by atoms with Gasteiger partial charge in [0, 0.05) is 32.9 Å². The van der Waals surface area contributed by atoms with Crippen LogP contribution in [0.4, 0.5) is 0 Å². The van der Waals surface area contributed by atoms with Crippen molar-refractivity contribution in [2.24, 2.45) is 0 Å². The van der Waals surface area contributed by atoms with Gasteiger partial charge in [0.15, 0.2) is 0 Å². The highest BCUT2D eigenvalue weighted by Crippen LogP contribution is 2.44. The summed E-state index contributed by atoms with van der Waals surface area (Å²) in [5.74, 6) is 1.01. The molecule has 0 unspecified atom stereocenters. The Kier molecular flexibility index (Phi) is 7.93. The second-order valence-corrected chi connectivity index (χ2v) is 13.3. The fourth-order valence-electron chi connectivity index (χ4n) is 5.55. The Morgan fingerprint density at radius 3 is 2.14 bits per heavy atom. The van der Waals surface area contributed by atoms with Gasteiger partial charge in [-0.25, -0.2) is 0 Å². The molecule has 1 heterocycles. The maximum atomic E-state index is 12.7. The van der Waals surface area contributed by atoms with E-state index in [9.17, 15) is 31.0 Å². The number of benzene rings is 4. The van der Waals surface area contributed by atoms with Crippen LogP contribution in [0.1, 0.15) is 61.8 Å². The van der Waals surface area contributed by atoms with Crippen molar-refractivity contribution in [1.82, 2.24) is 0 Å². The third-order valence-corrected chi connectivity index (χ3v) is 9.41. The van der Waals surface area contributed by atoms with Gasteiger partial charge in [0.1, 0.15) is 22.1 Å². The largest absolute Gasteiger partial charge is 0.508 e. The summed E-state index contributed by atoms with van der Waals surface area (Å²) >= 11 is 0. The quantitative estimate of drug-likeness (QED) is 0.187. The van der Waals surface area contributed by atoms with Crippen LogP contribution < -0.4 is 15.2 Å². The molecule has 1 aliphatic rings. The van der Waals surface area contributed by atoms with Gasteiger partial charge in [-0.15, -0.1) is 0 Å². The number of rotatable bonds is 9. The zero-order chi connectivity index (χ0) is 30.4. The molecule has 0 aliphatic carbocycles. The van der Waals surface area contributed by atoms with Crippen molar-refractivity contribution in [2.45, 2.75) is 62.2 Å². The molecule has 0 radical (unpaired) electrons. The van der Waals surface area contributed by atoms with E-state index in [1.165, 1.54) is 12.1 Å². The average Bonchev–Trinajstić information content (AvgIpc) is 2.93. The maximum absolute atomic E-state index is 12.7. The Bertz CT molecular complexity index is 2060. The SMILES string of the molecule is C=c1c(CCCC)cc2c(c1CCCC)Oc1c(ccc3cc(O)ccc13)C=2c1ccc(S(=O)(=O)O)cc1S(=O)(=O)O. The highest BCUT2D eigenvalue weighted by Gasteiger charge is 2.30. The van der Waals surface area contributed by atoms with Gasteiger partial charge in [-0.3, -0.25) is 9.11 Å². The summed E-state index contributed by atoms with van der Waals surface area (Å²) in [6.07, 6.45) is 5.06. The van der Waals surface area contributed by atoms with E-state index in [1.54, 1.807) is 24.3 Å². The molecule has 0 bridgehead atoms. The summed E-state index contributed by atoms with van der Waals surface area (Å²) in [4.78, 5) is -1.33. The smallest absolute Gasteiger partial charge is 0.295 e. The standard InChI is InChI=1S/C32H32O8S2/c1-4-6-8-20-17-28-30(26-15-12-23(41(34,35)36)18-29(26)42(37,38)39)27-13-10-21-16-22(33)11-14-25(21)32(27)40-31(28)24(19(20)3)9-7-5-2/h10-18,33H,3-9H2,1-2H3,(H,34,35,36)(H,37,38,39). The number of unbranched alkanes of at least 4 members (excludes halogenated alkanes) is 2. The molecular formula is C32H32O8S2. The summed E-state index contributed by atoms with van der Waals surface area (Å²) < 4.78 is 75.9. The van der Waals surface area contributed by atoms with Crippen LogP contribution in [0.5, 0.6) is 17.2 Å². The molecule has 4 aromatic rings. The van der Waals surface area contributed by atoms with Crippen molar-refractivity contribution >= 4 is 43.2 Å². The van der Waals surface area contributed by atoms with Gasteiger partial charge >= 0.3 is 0 Å². The molecule has 3 N–H and O–H groups in total. The Balaban J connectivity index is 2.00. The lowest BCUT2D eigenvalue weighted by atomic mass is 9.87. The zero-order valence-corrected chi connectivity index (χ0v) is 25.0. The fraction of sp³-hybridized carbons (Fsp3) is 0.250. The van der Waals surface area contributed by atoms with Crippen LogP contribution in [0, 0.1) is 0 Å². The van der Waals surface area contributed by atoms with E-state index in [-0.39, 0.29) is 11.3 Å². The first-order chi connectivity index (χ1) is 19.8. The molecule has 0 amide bonds. The Labute approximate surface area is 245 Å². The molecule has 0 aromatic heterocycles. The molecule has 4 aromatic carbocycles. The van der Waals surface area contributed by atoms with E-state index in [2.05, 4.69) is 20.4 Å². The number of hydrogen-bond donors (Lipinski definition) is 3. The van der Waals surface area contributed by atoms with Crippen molar-refractivity contribution in [3.8, 4) is 17.2 Å². The first-order valence-corrected chi connectivity index (χ1v) is 16.6. The molecule has 5 rings (SSSR count). The minimum atomic E-state index is -4.96. The van der Waals surface area contributed by atoms with Crippen LogP contribution in [-0.2, 0) is 33.1 Å². The zero-order valence-electron chi connectivity index (χ0n) is 23.3. The minimum Gasteiger partial charge on any atom is -0.508 e. The Morgan fingerprint density at radius 2 is 1.48 bits per heavy atom. The van der Waals surface area contributed by atoms with E-state index < -0.39 is 30.0 Å². The summed E-state index contributed by atoms with van der Waals surface area (Å²) in [5, 5.41) is 12.9. The predicted molar refractivity (Wildman–Crippen MR) is 162 cm³/mol. The second kappa shape index (κ2) is 11.2. The number of phenols is 1.